The first-order valence-electron chi connectivity index (χ1n) is 7.18. The fourth-order valence-electron chi connectivity index (χ4n) is 1.83. The summed E-state index contributed by atoms with van der Waals surface area (Å²) < 4.78 is 5.06. The molecule has 0 spiro atoms. The van der Waals surface area contributed by atoms with E-state index in [1.54, 1.807) is 18.4 Å². The molecule has 0 saturated carbocycles. The Morgan fingerprint density at radius 3 is 2.68 bits per heavy atom. The molecule has 0 bridgehead atoms. The molecule has 0 radical (unpaired) electrons. The van der Waals surface area contributed by atoms with Gasteiger partial charge in [-0.1, -0.05) is 45.4 Å². The molecule has 1 rings (SSSR count). The molecule has 0 saturated heterocycles. The van der Waals surface area contributed by atoms with Gasteiger partial charge in [-0.05, 0) is 18.6 Å². The Balaban J connectivity index is 1.96. The molecule has 1 heterocycles. The third-order valence-corrected chi connectivity index (χ3v) is 2.93. The summed E-state index contributed by atoms with van der Waals surface area (Å²) in [6.07, 6.45) is 12.1. The van der Waals surface area contributed by atoms with Crippen LogP contribution in [0.2, 0.25) is 0 Å². The Hall–Kier alpha value is -1.58. The van der Waals surface area contributed by atoms with Crippen LogP contribution in [-0.2, 0) is 4.79 Å². The van der Waals surface area contributed by atoms with Crippen LogP contribution in [0.15, 0.2) is 27.9 Å². The van der Waals surface area contributed by atoms with Gasteiger partial charge in [0.05, 0.1) is 12.5 Å². The van der Waals surface area contributed by atoms with Crippen LogP contribution >= 0.6 is 0 Å². The molecule has 19 heavy (non-hydrogen) atoms. The topological polar surface area (TPSA) is 54.6 Å². The minimum atomic E-state index is -0.0311. The SMILES string of the molecule is CCCCCCCCCC(=O)N/N=C/c1ccco1. The zero-order valence-corrected chi connectivity index (χ0v) is 11.7. The summed E-state index contributed by atoms with van der Waals surface area (Å²) in [6.45, 7) is 2.22. The summed E-state index contributed by atoms with van der Waals surface area (Å²) >= 11 is 0. The highest BCUT2D eigenvalue weighted by molar-refractivity contribution is 5.80. The minimum Gasteiger partial charge on any atom is -0.463 e. The first-order valence-corrected chi connectivity index (χ1v) is 7.18. The minimum absolute atomic E-state index is 0.0311. The smallest absolute Gasteiger partial charge is 0.240 e. The second kappa shape index (κ2) is 10.4. The van der Waals surface area contributed by atoms with E-state index in [1.165, 1.54) is 38.3 Å². The molecule has 1 aromatic rings. The molecular formula is C15H24N2O2. The fourth-order valence-corrected chi connectivity index (χ4v) is 1.83. The zero-order chi connectivity index (χ0) is 13.8. The van der Waals surface area contributed by atoms with Crippen LogP contribution in [0.3, 0.4) is 0 Å². The molecule has 0 atom stereocenters. The maximum absolute atomic E-state index is 11.5. The summed E-state index contributed by atoms with van der Waals surface area (Å²) in [7, 11) is 0. The number of hydrazone groups is 1. The van der Waals surface area contributed by atoms with Crippen LogP contribution in [0.5, 0.6) is 0 Å². The van der Waals surface area contributed by atoms with Gasteiger partial charge in [0, 0.05) is 6.42 Å². The van der Waals surface area contributed by atoms with E-state index in [2.05, 4.69) is 17.5 Å². The van der Waals surface area contributed by atoms with Gasteiger partial charge >= 0.3 is 0 Å². The average Bonchev–Trinajstić information content (AvgIpc) is 2.91. The van der Waals surface area contributed by atoms with Gasteiger partial charge < -0.3 is 4.42 Å². The van der Waals surface area contributed by atoms with Crippen molar-refractivity contribution in [1.82, 2.24) is 5.43 Å². The van der Waals surface area contributed by atoms with Crippen LogP contribution in [0.4, 0.5) is 0 Å². The third-order valence-electron chi connectivity index (χ3n) is 2.93. The summed E-state index contributed by atoms with van der Waals surface area (Å²) in [5.41, 5.74) is 2.50. The Morgan fingerprint density at radius 1 is 1.26 bits per heavy atom. The number of carbonyl (C=O) groups is 1. The Bertz CT molecular complexity index is 358. The fraction of sp³-hybridized carbons (Fsp3) is 0.600. The lowest BCUT2D eigenvalue weighted by Gasteiger charge is -2.01. The molecule has 0 fully saturated rings. The average molecular weight is 264 g/mol. The predicted octanol–water partition coefficient (Wildman–Crippen LogP) is 3.87. The van der Waals surface area contributed by atoms with Crippen LogP contribution in [0, 0.1) is 0 Å². The monoisotopic (exact) mass is 264 g/mol. The molecule has 0 unspecified atom stereocenters. The largest absolute Gasteiger partial charge is 0.463 e. The number of hydrogen-bond acceptors (Lipinski definition) is 3. The number of amides is 1. The Morgan fingerprint density at radius 2 is 2.00 bits per heavy atom. The Labute approximate surface area is 115 Å². The highest BCUT2D eigenvalue weighted by atomic mass is 16.3. The first-order chi connectivity index (χ1) is 9.33. The number of furan rings is 1. The van der Waals surface area contributed by atoms with E-state index in [0.29, 0.717) is 12.2 Å². The van der Waals surface area contributed by atoms with Crippen molar-refractivity contribution >= 4 is 12.1 Å². The number of rotatable bonds is 10. The molecule has 4 heteroatoms. The van der Waals surface area contributed by atoms with E-state index < -0.39 is 0 Å². The summed E-state index contributed by atoms with van der Waals surface area (Å²) in [5.74, 6) is 0.604. The number of nitrogens with one attached hydrogen (secondary N) is 1. The van der Waals surface area contributed by atoms with Gasteiger partial charge in [0.25, 0.3) is 0 Å². The van der Waals surface area contributed by atoms with Gasteiger partial charge in [0.2, 0.25) is 5.91 Å². The lowest BCUT2D eigenvalue weighted by Crippen LogP contribution is -2.16. The van der Waals surface area contributed by atoms with Crippen molar-refractivity contribution in [3.8, 4) is 0 Å². The van der Waals surface area contributed by atoms with E-state index >= 15 is 0 Å². The van der Waals surface area contributed by atoms with Gasteiger partial charge in [0.1, 0.15) is 5.76 Å². The molecule has 1 amide bonds. The normalized spacial score (nSPS) is 11.0. The van der Waals surface area contributed by atoms with Crippen molar-refractivity contribution in [2.45, 2.75) is 58.3 Å². The molecule has 0 aromatic carbocycles. The van der Waals surface area contributed by atoms with Crippen molar-refractivity contribution in [3.05, 3.63) is 24.2 Å². The van der Waals surface area contributed by atoms with Crippen molar-refractivity contribution in [3.63, 3.8) is 0 Å². The van der Waals surface area contributed by atoms with Crippen LogP contribution < -0.4 is 5.43 Å². The standard InChI is InChI=1S/C15H24N2O2/c1-2-3-4-5-6-7-8-11-15(18)17-16-13-14-10-9-12-19-14/h9-10,12-13H,2-8,11H2,1H3,(H,17,18)/b16-13+. The zero-order valence-electron chi connectivity index (χ0n) is 11.7. The van der Waals surface area contributed by atoms with E-state index in [0.717, 1.165) is 12.8 Å². The van der Waals surface area contributed by atoms with Gasteiger partial charge in [-0.2, -0.15) is 5.10 Å². The first kappa shape index (κ1) is 15.5. The highest BCUT2D eigenvalue weighted by Crippen LogP contribution is 2.08. The quantitative estimate of drug-likeness (QED) is 0.396. The molecule has 0 aliphatic rings. The van der Waals surface area contributed by atoms with E-state index in [1.807, 2.05) is 0 Å². The maximum Gasteiger partial charge on any atom is 0.240 e. The molecule has 106 valence electrons. The van der Waals surface area contributed by atoms with Gasteiger partial charge in [0.15, 0.2) is 0 Å². The maximum atomic E-state index is 11.5. The number of nitrogens with zero attached hydrogens (tertiary/aromatic N) is 1. The molecule has 1 aromatic heterocycles. The van der Waals surface area contributed by atoms with Gasteiger partial charge in [-0.25, -0.2) is 5.43 Å². The number of hydrogen-bond donors (Lipinski definition) is 1. The lowest BCUT2D eigenvalue weighted by molar-refractivity contribution is -0.121. The predicted molar refractivity (Wildman–Crippen MR) is 77.1 cm³/mol. The molecule has 0 aliphatic heterocycles. The molecular weight excluding hydrogens is 240 g/mol. The van der Waals surface area contributed by atoms with Crippen LogP contribution in [0.25, 0.3) is 0 Å². The number of carbonyl (C=O) groups excluding carboxylic acids is 1. The van der Waals surface area contributed by atoms with Crippen molar-refractivity contribution in [2.75, 3.05) is 0 Å². The second-order valence-corrected chi connectivity index (χ2v) is 4.68. The molecule has 4 nitrogen and oxygen atoms in total. The van der Waals surface area contributed by atoms with Gasteiger partial charge in [-0.15, -0.1) is 0 Å². The van der Waals surface area contributed by atoms with E-state index in [4.69, 9.17) is 4.42 Å². The second-order valence-electron chi connectivity index (χ2n) is 4.68. The van der Waals surface area contributed by atoms with Gasteiger partial charge in [-0.3, -0.25) is 4.79 Å². The van der Waals surface area contributed by atoms with E-state index in [9.17, 15) is 4.79 Å². The van der Waals surface area contributed by atoms with Crippen LogP contribution in [-0.4, -0.2) is 12.1 Å². The van der Waals surface area contributed by atoms with Crippen molar-refractivity contribution in [2.24, 2.45) is 5.10 Å². The molecule has 0 aliphatic carbocycles. The van der Waals surface area contributed by atoms with E-state index in [-0.39, 0.29) is 5.91 Å². The van der Waals surface area contributed by atoms with Crippen LogP contribution in [0.1, 0.15) is 64.1 Å². The van der Waals surface area contributed by atoms with Crippen molar-refractivity contribution < 1.29 is 9.21 Å². The number of unbranched alkanes of at least 4 members (excludes halogenated alkanes) is 6. The summed E-state index contributed by atoms with van der Waals surface area (Å²) in [5, 5.41) is 3.83. The highest BCUT2D eigenvalue weighted by Gasteiger charge is 1.99. The summed E-state index contributed by atoms with van der Waals surface area (Å²) in [4.78, 5) is 11.5. The summed E-state index contributed by atoms with van der Waals surface area (Å²) in [6, 6.07) is 3.56. The van der Waals surface area contributed by atoms with Crippen molar-refractivity contribution in [1.29, 1.82) is 0 Å². The molecule has 1 N–H and O–H groups in total. The Kier molecular flexibility index (Phi) is 8.43. The lowest BCUT2D eigenvalue weighted by atomic mass is 10.1. The third kappa shape index (κ3) is 8.19.